The molecule has 0 aliphatic carbocycles. The number of piperazine rings is 1. The minimum absolute atomic E-state index is 0.0939. The zero-order chi connectivity index (χ0) is 18.6. The molecular formula is C20H23N5O2. The molecule has 0 spiro atoms. The van der Waals surface area contributed by atoms with Gasteiger partial charge >= 0.3 is 0 Å². The van der Waals surface area contributed by atoms with E-state index in [4.69, 9.17) is 0 Å². The van der Waals surface area contributed by atoms with Crippen molar-refractivity contribution in [3.05, 3.63) is 54.6 Å². The summed E-state index contributed by atoms with van der Waals surface area (Å²) in [6, 6.07) is 9.75. The van der Waals surface area contributed by atoms with Crippen LogP contribution in [-0.2, 0) is 4.79 Å². The van der Waals surface area contributed by atoms with Crippen molar-refractivity contribution in [1.82, 2.24) is 19.8 Å². The highest BCUT2D eigenvalue weighted by Crippen LogP contribution is 2.24. The first-order valence-electron chi connectivity index (χ1n) is 9.40. The minimum atomic E-state index is -0.104. The number of amides is 2. The van der Waals surface area contributed by atoms with Gasteiger partial charge in [0.1, 0.15) is 5.69 Å². The van der Waals surface area contributed by atoms with Gasteiger partial charge in [0.2, 0.25) is 5.91 Å². The van der Waals surface area contributed by atoms with Crippen molar-refractivity contribution in [2.24, 2.45) is 0 Å². The van der Waals surface area contributed by atoms with Crippen LogP contribution in [0.5, 0.6) is 0 Å². The summed E-state index contributed by atoms with van der Waals surface area (Å²) in [4.78, 5) is 39.5. The van der Waals surface area contributed by atoms with Gasteiger partial charge in [-0.15, -0.1) is 0 Å². The molecule has 4 rings (SSSR count). The molecule has 2 fully saturated rings. The Bertz CT molecular complexity index is 791. The Balaban J connectivity index is 1.39. The molecule has 2 aliphatic rings. The first kappa shape index (κ1) is 17.6. The number of rotatable bonds is 3. The number of carbonyl (C=O) groups excluding carboxylic acids is 2. The Morgan fingerprint density at radius 1 is 1.00 bits per heavy atom. The third-order valence-electron chi connectivity index (χ3n) is 5.30. The molecule has 7 nitrogen and oxygen atoms in total. The lowest BCUT2D eigenvalue weighted by Crippen LogP contribution is -2.58. The lowest BCUT2D eigenvalue weighted by Gasteiger charge is -2.42. The fourth-order valence-corrected chi connectivity index (χ4v) is 3.87. The van der Waals surface area contributed by atoms with Gasteiger partial charge in [-0.2, -0.15) is 0 Å². The van der Waals surface area contributed by atoms with E-state index < -0.39 is 0 Å². The van der Waals surface area contributed by atoms with Gasteiger partial charge in [0.25, 0.3) is 5.91 Å². The molecule has 140 valence electrons. The van der Waals surface area contributed by atoms with Gasteiger partial charge in [0.15, 0.2) is 0 Å². The number of hydrogen-bond acceptors (Lipinski definition) is 5. The highest BCUT2D eigenvalue weighted by atomic mass is 16.2. The van der Waals surface area contributed by atoms with Gasteiger partial charge in [-0.05, 0) is 25.0 Å². The van der Waals surface area contributed by atoms with Gasteiger partial charge in [0, 0.05) is 50.8 Å². The lowest BCUT2D eigenvalue weighted by molar-refractivity contribution is -0.126. The highest BCUT2D eigenvalue weighted by Gasteiger charge is 2.36. The quantitative estimate of drug-likeness (QED) is 0.823. The fourth-order valence-electron chi connectivity index (χ4n) is 3.87. The van der Waals surface area contributed by atoms with Crippen molar-refractivity contribution in [2.75, 3.05) is 37.6 Å². The Labute approximate surface area is 158 Å². The van der Waals surface area contributed by atoms with Gasteiger partial charge in [-0.3, -0.25) is 19.5 Å². The Morgan fingerprint density at radius 3 is 2.48 bits per heavy atom. The maximum atomic E-state index is 13.0. The molecule has 2 aromatic rings. The second-order valence-corrected chi connectivity index (χ2v) is 6.90. The first-order valence-corrected chi connectivity index (χ1v) is 9.40. The van der Waals surface area contributed by atoms with E-state index in [2.05, 4.69) is 14.9 Å². The van der Waals surface area contributed by atoms with E-state index in [9.17, 15) is 9.59 Å². The summed E-state index contributed by atoms with van der Waals surface area (Å²) >= 11 is 0. The number of piperidine rings is 1. The second kappa shape index (κ2) is 7.84. The molecule has 27 heavy (non-hydrogen) atoms. The Hall–Kier alpha value is -2.80. The summed E-state index contributed by atoms with van der Waals surface area (Å²) in [6.45, 7) is 3.37. The van der Waals surface area contributed by atoms with Crippen LogP contribution in [0.2, 0.25) is 0 Å². The smallest absolute Gasteiger partial charge is 0.274 e. The Kier molecular flexibility index (Phi) is 5.11. The zero-order valence-electron chi connectivity index (χ0n) is 15.2. The molecule has 0 N–H and O–H groups in total. The summed E-state index contributed by atoms with van der Waals surface area (Å²) in [5.41, 5.74) is 1.33. The third kappa shape index (κ3) is 3.68. The van der Waals surface area contributed by atoms with Gasteiger partial charge in [-0.1, -0.05) is 18.2 Å². The second-order valence-electron chi connectivity index (χ2n) is 6.90. The molecule has 1 aromatic carbocycles. The molecule has 2 aliphatic heterocycles. The Morgan fingerprint density at radius 2 is 1.78 bits per heavy atom. The van der Waals surface area contributed by atoms with Crippen LogP contribution in [0.3, 0.4) is 0 Å². The summed E-state index contributed by atoms with van der Waals surface area (Å²) in [5.74, 6) is 0.0739. The van der Waals surface area contributed by atoms with E-state index in [-0.39, 0.29) is 17.9 Å². The van der Waals surface area contributed by atoms with E-state index in [1.807, 2.05) is 35.2 Å². The molecule has 3 heterocycles. The topological polar surface area (TPSA) is 69.6 Å². The van der Waals surface area contributed by atoms with E-state index in [0.717, 1.165) is 25.1 Å². The van der Waals surface area contributed by atoms with Crippen molar-refractivity contribution >= 4 is 17.5 Å². The average Bonchev–Trinajstić information content (AvgIpc) is 2.75. The third-order valence-corrected chi connectivity index (χ3v) is 5.30. The maximum Gasteiger partial charge on any atom is 0.274 e. The standard InChI is InChI=1S/C20H23N5O2/c26-19(17-15-21-8-9-22-17)24-13-11-23(12-14-24)18-7-4-10-25(20(18)27)16-5-2-1-3-6-16/h1-3,5-6,8-9,15,18H,4,7,10-14H2/t18-/m0/s1. The van der Waals surface area contributed by atoms with Crippen molar-refractivity contribution in [3.8, 4) is 0 Å². The fraction of sp³-hybridized carbons (Fsp3) is 0.400. The highest BCUT2D eigenvalue weighted by molar-refractivity contribution is 5.98. The molecule has 2 saturated heterocycles. The predicted octanol–water partition coefficient (Wildman–Crippen LogP) is 1.43. The molecular weight excluding hydrogens is 342 g/mol. The number of benzene rings is 1. The molecule has 0 radical (unpaired) electrons. The summed E-state index contributed by atoms with van der Waals surface area (Å²) in [5, 5.41) is 0. The number of anilines is 1. The number of para-hydroxylation sites is 1. The van der Waals surface area contributed by atoms with Gasteiger partial charge < -0.3 is 9.80 Å². The van der Waals surface area contributed by atoms with Crippen molar-refractivity contribution < 1.29 is 9.59 Å². The number of aromatic nitrogens is 2. The summed E-state index contributed by atoms with van der Waals surface area (Å²) in [7, 11) is 0. The average molecular weight is 365 g/mol. The number of hydrogen-bond donors (Lipinski definition) is 0. The lowest BCUT2D eigenvalue weighted by atomic mass is 10.0. The zero-order valence-corrected chi connectivity index (χ0v) is 15.2. The first-order chi connectivity index (χ1) is 13.2. The van der Waals surface area contributed by atoms with Crippen LogP contribution < -0.4 is 4.90 Å². The van der Waals surface area contributed by atoms with Crippen LogP contribution in [0.15, 0.2) is 48.9 Å². The molecule has 0 unspecified atom stereocenters. The van der Waals surface area contributed by atoms with E-state index in [1.165, 1.54) is 12.4 Å². The molecule has 0 bridgehead atoms. The van der Waals surface area contributed by atoms with Crippen LogP contribution in [0, 0.1) is 0 Å². The number of nitrogens with zero attached hydrogens (tertiary/aromatic N) is 5. The maximum absolute atomic E-state index is 13.0. The van der Waals surface area contributed by atoms with Crippen LogP contribution in [0.4, 0.5) is 5.69 Å². The van der Waals surface area contributed by atoms with Crippen LogP contribution >= 0.6 is 0 Å². The van der Waals surface area contributed by atoms with Crippen LogP contribution in [0.1, 0.15) is 23.3 Å². The van der Waals surface area contributed by atoms with E-state index in [0.29, 0.717) is 31.9 Å². The summed E-state index contributed by atoms with van der Waals surface area (Å²) in [6.07, 6.45) is 6.45. The number of carbonyl (C=O) groups is 2. The van der Waals surface area contributed by atoms with Gasteiger partial charge in [0.05, 0.1) is 12.2 Å². The van der Waals surface area contributed by atoms with Crippen LogP contribution in [-0.4, -0.2) is 70.3 Å². The van der Waals surface area contributed by atoms with E-state index >= 15 is 0 Å². The molecule has 1 aromatic heterocycles. The predicted molar refractivity (Wildman–Crippen MR) is 101 cm³/mol. The van der Waals surface area contributed by atoms with Crippen molar-refractivity contribution in [3.63, 3.8) is 0 Å². The van der Waals surface area contributed by atoms with Crippen molar-refractivity contribution in [2.45, 2.75) is 18.9 Å². The molecule has 7 heteroatoms. The SMILES string of the molecule is O=C(c1cnccn1)N1CCN([C@H]2CCCN(c3ccccc3)C2=O)CC1. The minimum Gasteiger partial charge on any atom is -0.335 e. The molecule has 1 atom stereocenters. The van der Waals surface area contributed by atoms with Crippen LogP contribution in [0.25, 0.3) is 0 Å². The normalized spacial score (nSPS) is 21.3. The van der Waals surface area contributed by atoms with Gasteiger partial charge in [-0.25, -0.2) is 4.98 Å². The molecule has 0 saturated carbocycles. The van der Waals surface area contributed by atoms with E-state index in [1.54, 1.807) is 11.1 Å². The largest absolute Gasteiger partial charge is 0.335 e. The summed E-state index contributed by atoms with van der Waals surface area (Å²) < 4.78 is 0. The van der Waals surface area contributed by atoms with Crippen molar-refractivity contribution in [1.29, 1.82) is 0 Å². The monoisotopic (exact) mass is 365 g/mol. The molecule has 2 amide bonds.